The van der Waals surface area contributed by atoms with E-state index in [0.717, 1.165) is 10.6 Å². The predicted octanol–water partition coefficient (Wildman–Crippen LogP) is 3.64. The molecule has 1 heterocycles. The molecule has 6 nitrogen and oxygen atoms in total. The van der Waals surface area contributed by atoms with E-state index >= 15 is 0 Å². The van der Waals surface area contributed by atoms with Crippen LogP contribution in [0.4, 0.5) is 11.4 Å². The minimum absolute atomic E-state index is 0.00770. The molecule has 0 fully saturated rings. The summed E-state index contributed by atoms with van der Waals surface area (Å²) in [5.41, 5.74) is 1.98. The van der Waals surface area contributed by atoms with Crippen LogP contribution in [0.15, 0.2) is 53.4 Å². The largest absolute Gasteiger partial charge is 0.339 e. The van der Waals surface area contributed by atoms with E-state index in [1.54, 1.807) is 34.1 Å². The normalized spacial score (nSPS) is 13.0. The zero-order chi connectivity index (χ0) is 20.8. The average Bonchev–Trinajstić information content (AvgIpc) is 2.74. The zero-order valence-corrected chi connectivity index (χ0v) is 17.5. The number of carbonyl (C=O) groups excluding carboxylic acids is 3. The van der Waals surface area contributed by atoms with Crippen molar-refractivity contribution in [3.05, 3.63) is 54.1 Å². The molecule has 0 radical (unpaired) electrons. The summed E-state index contributed by atoms with van der Waals surface area (Å²) < 4.78 is 0. The van der Waals surface area contributed by atoms with E-state index in [-0.39, 0.29) is 24.1 Å². The smallest absolute Gasteiger partial charge is 0.253 e. The Kier molecular flexibility index (Phi) is 6.93. The molecule has 0 spiro atoms. The van der Waals surface area contributed by atoms with E-state index in [0.29, 0.717) is 36.6 Å². The highest BCUT2D eigenvalue weighted by Gasteiger charge is 2.24. The van der Waals surface area contributed by atoms with Crippen LogP contribution in [0.5, 0.6) is 0 Å². The van der Waals surface area contributed by atoms with E-state index < -0.39 is 0 Å². The van der Waals surface area contributed by atoms with Crippen molar-refractivity contribution in [2.45, 2.75) is 25.2 Å². The highest BCUT2D eigenvalue weighted by Crippen LogP contribution is 2.34. The summed E-state index contributed by atoms with van der Waals surface area (Å²) in [7, 11) is 0. The molecule has 2 aromatic rings. The van der Waals surface area contributed by atoms with Crippen molar-refractivity contribution in [2.75, 3.05) is 35.6 Å². The average molecular weight is 412 g/mol. The first-order valence-electron chi connectivity index (χ1n) is 9.74. The van der Waals surface area contributed by atoms with Gasteiger partial charge in [0.2, 0.25) is 11.8 Å². The van der Waals surface area contributed by atoms with Gasteiger partial charge in [0.1, 0.15) is 0 Å². The first-order valence-corrected chi connectivity index (χ1v) is 10.7. The molecular weight excluding hydrogens is 386 g/mol. The van der Waals surface area contributed by atoms with Crippen molar-refractivity contribution in [1.29, 1.82) is 0 Å². The third kappa shape index (κ3) is 4.98. The molecule has 0 aromatic heterocycles. The Labute approximate surface area is 175 Å². The summed E-state index contributed by atoms with van der Waals surface area (Å²) in [6, 6.07) is 14.7. The minimum Gasteiger partial charge on any atom is -0.339 e. The highest BCUT2D eigenvalue weighted by molar-refractivity contribution is 8.00. The zero-order valence-electron chi connectivity index (χ0n) is 16.7. The van der Waals surface area contributed by atoms with Crippen LogP contribution in [0.3, 0.4) is 0 Å². The molecule has 0 saturated carbocycles. The SMILES string of the molecule is CCN(CC)C(=O)c1cccc(NC(=O)CCN2C(=O)CSc3ccccc32)c1. The molecule has 1 N–H and O–H groups in total. The summed E-state index contributed by atoms with van der Waals surface area (Å²) in [5.74, 6) is 0.141. The van der Waals surface area contributed by atoms with Gasteiger partial charge < -0.3 is 15.1 Å². The number of amides is 3. The molecule has 0 saturated heterocycles. The Bertz CT molecular complexity index is 912. The number of rotatable bonds is 7. The number of hydrogen-bond donors (Lipinski definition) is 1. The van der Waals surface area contributed by atoms with Crippen molar-refractivity contribution < 1.29 is 14.4 Å². The van der Waals surface area contributed by atoms with E-state index in [9.17, 15) is 14.4 Å². The lowest BCUT2D eigenvalue weighted by Gasteiger charge is -2.28. The first kappa shape index (κ1) is 20.9. The minimum atomic E-state index is -0.194. The highest BCUT2D eigenvalue weighted by atomic mass is 32.2. The van der Waals surface area contributed by atoms with E-state index in [4.69, 9.17) is 0 Å². The van der Waals surface area contributed by atoms with Gasteiger partial charge in [0.15, 0.2) is 0 Å². The third-order valence-electron chi connectivity index (χ3n) is 4.81. The maximum absolute atomic E-state index is 12.5. The summed E-state index contributed by atoms with van der Waals surface area (Å²) in [4.78, 5) is 41.7. The summed E-state index contributed by atoms with van der Waals surface area (Å²) in [5, 5.41) is 2.84. The number of nitrogens with zero attached hydrogens (tertiary/aromatic N) is 2. The molecule has 1 aliphatic rings. The van der Waals surface area contributed by atoms with Gasteiger partial charge in [-0.1, -0.05) is 18.2 Å². The van der Waals surface area contributed by atoms with Gasteiger partial charge in [-0.2, -0.15) is 0 Å². The lowest BCUT2D eigenvalue weighted by Crippen LogP contribution is -2.37. The van der Waals surface area contributed by atoms with Gasteiger partial charge in [-0.3, -0.25) is 14.4 Å². The third-order valence-corrected chi connectivity index (χ3v) is 5.86. The molecule has 2 aromatic carbocycles. The predicted molar refractivity (Wildman–Crippen MR) is 116 cm³/mol. The fourth-order valence-corrected chi connectivity index (χ4v) is 4.20. The summed E-state index contributed by atoms with van der Waals surface area (Å²) in [6.07, 6.45) is 0.180. The monoisotopic (exact) mass is 411 g/mol. The van der Waals surface area contributed by atoms with Gasteiger partial charge in [-0.15, -0.1) is 11.8 Å². The van der Waals surface area contributed by atoms with Crippen molar-refractivity contribution >= 4 is 40.9 Å². The fourth-order valence-electron chi connectivity index (χ4n) is 3.26. The summed E-state index contributed by atoms with van der Waals surface area (Å²) in [6.45, 7) is 5.46. The molecule has 0 aliphatic carbocycles. The Morgan fingerprint density at radius 1 is 1.10 bits per heavy atom. The van der Waals surface area contributed by atoms with Crippen molar-refractivity contribution in [2.24, 2.45) is 0 Å². The molecule has 3 amide bonds. The number of para-hydroxylation sites is 1. The van der Waals surface area contributed by atoms with E-state index in [1.807, 2.05) is 38.1 Å². The van der Waals surface area contributed by atoms with Gasteiger partial charge >= 0.3 is 0 Å². The molecule has 152 valence electrons. The maximum atomic E-state index is 12.5. The molecular formula is C22H25N3O3S. The topological polar surface area (TPSA) is 69.7 Å². The summed E-state index contributed by atoms with van der Waals surface area (Å²) >= 11 is 1.52. The van der Waals surface area contributed by atoms with Crippen LogP contribution < -0.4 is 10.2 Å². The Balaban J connectivity index is 1.63. The second kappa shape index (κ2) is 9.60. The van der Waals surface area contributed by atoms with Crippen molar-refractivity contribution in [1.82, 2.24) is 4.90 Å². The number of thioether (sulfide) groups is 1. The van der Waals surface area contributed by atoms with Crippen LogP contribution in [-0.4, -0.2) is 48.0 Å². The Morgan fingerprint density at radius 3 is 2.62 bits per heavy atom. The second-order valence-electron chi connectivity index (χ2n) is 6.66. The molecule has 29 heavy (non-hydrogen) atoms. The number of hydrogen-bond acceptors (Lipinski definition) is 4. The van der Waals surface area contributed by atoms with Crippen LogP contribution in [0, 0.1) is 0 Å². The molecule has 1 aliphatic heterocycles. The van der Waals surface area contributed by atoms with E-state index in [1.165, 1.54) is 11.8 Å². The molecule has 3 rings (SSSR count). The van der Waals surface area contributed by atoms with Gasteiger partial charge in [-0.05, 0) is 44.2 Å². The van der Waals surface area contributed by atoms with Gasteiger partial charge in [0.25, 0.3) is 5.91 Å². The number of fused-ring (bicyclic) bond motifs is 1. The molecule has 0 unspecified atom stereocenters. The van der Waals surface area contributed by atoms with Gasteiger partial charge in [-0.25, -0.2) is 0 Å². The quantitative estimate of drug-likeness (QED) is 0.755. The first-order chi connectivity index (χ1) is 14.0. The number of anilines is 2. The van der Waals surface area contributed by atoms with Crippen molar-refractivity contribution in [3.8, 4) is 0 Å². The van der Waals surface area contributed by atoms with Gasteiger partial charge in [0, 0.05) is 42.2 Å². The Morgan fingerprint density at radius 2 is 1.86 bits per heavy atom. The maximum Gasteiger partial charge on any atom is 0.253 e. The number of benzene rings is 2. The van der Waals surface area contributed by atoms with Crippen LogP contribution in [0.2, 0.25) is 0 Å². The fraction of sp³-hybridized carbons (Fsp3) is 0.318. The lowest BCUT2D eigenvalue weighted by atomic mass is 10.1. The standard InChI is InChI=1S/C22H25N3O3S/c1-3-24(4-2)22(28)16-8-7-9-17(14-16)23-20(26)12-13-25-18-10-5-6-11-19(18)29-15-21(25)27/h5-11,14H,3-4,12-13,15H2,1-2H3,(H,23,26). The van der Waals surface area contributed by atoms with Crippen LogP contribution in [0.25, 0.3) is 0 Å². The van der Waals surface area contributed by atoms with Crippen LogP contribution >= 0.6 is 11.8 Å². The molecule has 7 heteroatoms. The second-order valence-corrected chi connectivity index (χ2v) is 7.68. The molecule has 0 atom stereocenters. The molecule has 0 bridgehead atoms. The van der Waals surface area contributed by atoms with E-state index in [2.05, 4.69) is 5.32 Å². The Hall–Kier alpha value is -2.80. The van der Waals surface area contributed by atoms with Gasteiger partial charge in [0.05, 0.1) is 11.4 Å². The lowest BCUT2D eigenvalue weighted by molar-refractivity contribution is -0.117. The number of nitrogens with one attached hydrogen (secondary N) is 1. The number of carbonyl (C=O) groups is 3. The van der Waals surface area contributed by atoms with Crippen LogP contribution in [0.1, 0.15) is 30.6 Å². The van der Waals surface area contributed by atoms with Crippen molar-refractivity contribution in [3.63, 3.8) is 0 Å². The van der Waals surface area contributed by atoms with Crippen LogP contribution in [-0.2, 0) is 9.59 Å².